The molecule has 2 heterocycles. The number of nitrogens with zero attached hydrogens (tertiary/aromatic N) is 4. The van der Waals surface area contributed by atoms with Crippen LogP contribution in [0.15, 0.2) is 72.4 Å². The highest BCUT2D eigenvalue weighted by atomic mass is 35.5. The van der Waals surface area contributed by atoms with Crippen LogP contribution in [-0.4, -0.2) is 59.5 Å². The van der Waals surface area contributed by atoms with E-state index in [0.717, 1.165) is 11.1 Å². The van der Waals surface area contributed by atoms with Gasteiger partial charge in [0.2, 0.25) is 10.0 Å². The summed E-state index contributed by atoms with van der Waals surface area (Å²) in [7, 11) is -3.54. The highest BCUT2D eigenvalue weighted by molar-refractivity contribution is 7.92. The minimum Gasteiger partial charge on any atom is -0.336 e. The molecule has 1 amide bonds. The zero-order chi connectivity index (χ0) is 22.6. The first-order valence-corrected chi connectivity index (χ1v) is 12.1. The van der Waals surface area contributed by atoms with Crippen molar-refractivity contribution in [1.82, 2.24) is 19.0 Å². The van der Waals surface area contributed by atoms with Crippen LogP contribution < -0.4 is 0 Å². The van der Waals surface area contributed by atoms with Gasteiger partial charge in [-0.2, -0.15) is 9.40 Å². The Labute approximate surface area is 192 Å². The number of piperazine rings is 1. The molecule has 32 heavy (non-hydrogen) atoms. The summed E-state index contributed by atoms with van der Waals surface area (Å²) in [5, 5.41) is 6.14. The molecule has 0 aliphatic carbocycles. The van der Waals surface area contributed by atoms with E-state index in [1.165, 1.54) is 15.9 Å². The molecule has 1 aliphatic heterocycles. The summed E-state index contributed by atoms with van der Waals surface area (Å²) < 4.78 is 28.3. The number of amides is 1. The monoisotopic (exact) mass is 470 g/mol. The van der Waals surface area contributed by atoms with Gasteiger partial charge in [-0.3, -0.25) is 9.48 Å². The molecule has 0 radical (unpaired) electrons. The molecule has 1 saturated heterocycles. The maximum atomic E-state index is 12.9. The van der Waals surface area contributed by atoms with Gasteiger partial charge in [0, 0.05) is 42.8 Å². The third-order valence-corrected chi connectivity index (χ3v) is 7.22. The molecule has 3 aromatic rings. The van der Waals surface area contributed by atoms with Gasteiger partial charge in [0.05, 0.1) is 18.3 Å². The standard InChI is InChI=1S/C23H23ClN4O3S/c24-22-9-5-4-8-20(22)17-27-18-21(16-25-27)23(29)26-11-13-28(14-12-26)32(30,31)15-10-19-6-2-1-3-7-19/h1-10,15-16,18H,11-14,17H2/b15-10+. The summed E-state index contributed by atoms with van der Waals surface area (Å²) in [6.07, 6.45) is 4.81. The quantitative estimate of drug-likeness (QED) is 0.553. The van der Waals surface area contributed by atoms with E-state index < -0.39 is 10.0 Å². The maximum Gasteiger partial charge on any atom is 0.257 e. The van der Waals surface area contributed by atoms with Crippen molar-refractivity contribution in [1.29, 1.82) is 0 Å². The van der Waals surface area contributed by atoms with Gasteiger partial charge in [-0.05, 0) is 23.3 Å². The van der Waals surface area contributed by atoms with Gasteiger partial charge in [-0.25, -0.2) is 8.42 Å². The highest BCUT2D eigenvalue weighted by Gasteiger charge is 2.28. The summed E-state index contributed by atoms with van der Waals surface area (Å²) in [5.41, 5.74) is 2.20. The zero-order valence-corrected chi connectivity index (χ0v) is 18.9. The SMILES string of the molecule is O=C(c1cnn(Cc2ccccc2Cl)c1)N1CCN(S(=O)(=O)/C=C/c2ccccc2)CC1. The van der Waals surface area contributed by atoms with E-state index in [-0.39, 0.29) is 19.0 Å². The molecule has 0 bridgehead atoms. The van der Waals surface area contributed by atoms with Crippen LogP contribution in [0.2, 0.25) is 5.02 Å². The Hall–Kier alpha value is -2.94. The summed E-state index contributed by atoms with van der Waals surface area (Å²) in [6.45, 7) is 1.62. The molecule has 1 aliphatic rings. The zero-order valence-electron chi connectivity index (χ0n) is 17.3. The molecule has 2 aromatic carbocycles. The normalized spacial score (nSPS) is 15.3. The number of rotatable bonds is 6. The second kappa shape index (κ2) is 9.68. The predicted molar refractivity (Wildman–Crippen MR) is 125 cm³/mol. The van der Waals surface area contributed by atoms with Crippen molar-refractivity contribution in [2.75, 3.05) is 26.2 Å². The average molecular weight is 471 g/mol. The minimum atomic E-state index is -3.54. The number of hydrogen-bond acceptors (Lipinski definition) is 4. The predicted octanol–water partition coefficient (Wildman–Crippen LogP) is 3.34. The Morgan fingerprint density at radius 1 is 1.00 bits per heavy atom. The Bertz CT molecular complexity index is 1220. The van der Waals surface area contributed by atoms with E-state index in [2.05, 4.69) is 5.10 Å². The number of benzene rings is 2. The first-order chi connectivity index (χ1) is 15.4. The van der Waals surface area contributed by atoms with Crippen LogP contribution in [0.4, 0.5) is 0 Å². The van der Waals surface area contributed by atoms with E-state index in [1.807, 2.05) is 54.6 Å². The molecular formula is C23H23ClN4O3S. The van der Waals surface area contributed by atoms with Crippen LogP contribution >= 0.6 is 11.6 Å². The molecule has 9 heteroatoms. The van der Waals surface area contributed by atoms with Crippen molar-refractivity contribution in [3.8, 4) is 0 Å². The van der Waals surface area contributed by atoms with Gasteiger partial charge in [-0.15, -0.1) is 0 Å². The number of carbonyl (C=O) groups is 1. The molecule has 0 atom stereocenters. The van der Waals surface area contributed by atoms with Crippen molar-refractivity contribution < 1.29 is 13.2 Å². The summed E-state index contributed by atoms with van der Waals surface area (Å²) >= 11 is 6.20. The topological polar surface area (TPSA) is 75.5 Å². The molecule has 7 nitrogen and oxygen atoms in total. The lowest BCUT2D eigenvalue weighted by Crippen LogP contribution is -2.50. The van der Waals surface area contributed by atoms with Crippen LogP contribution in [0, 0.1) is 0 Å². The van der Waals surface area contributed by atoms with Gasteiger partial charge in [0.25, 0.3) is 5.91 Å². The van der Waals surface area contributed by atoms with Crippen LogP contribution in [-0.2, 0) is 16.6 Å². The lowest BCUT2D eigenvalue weighted by Gasteiger charge is -2.33. The number of sulfonamides is 1. The number of hydrogen-bond donors (Lipinski definition) is 0. The van der Waals surface area contributed by atoms with Crippen molar-refractivity contribution in [2.24, 2.45) is 0 Å². The fourth-order valence-electron chi connectivity index (χ4n) is 3.50. The largest absolute Gasteiger partial charge is 0.336 e. The van der Waals surface area contributed by atoms with Crippen LogP contribution in [0.1, 0.15) is 21.5 Å². The lowest BCUT2D eigenvalue weighted by molar-refractivity contribution is 0.0698. The third kappa shape index (κ3) is 5.27. The molecule has 0 unspecified atom stereocenters. The van der Waals surface area contributed by atoms with E-state index in [1.54, 1.807) is 21.9 Å². The van der Waals surface area contributed by atoms with Crippen molar-refractivity contribution in [3.05, 3.63) is 94.1 Å². The molecule has 1 fully saturated rings. The van der Waals surface area contributed by atoms with E-state index in [4.69, 9.17) is 11.6 Å². The van der Waals surface area contributed by atoms with E-state index in [0.29, 0.717) is 30.2 Å². The third-order valence-electron chi connectivity index (χ3n) is 5.29. The summed E-state index contributed by atoms with van der Waals surface area (Å²) in [6, 6.07) is 16.8. The highest BCUT2D eigenvalue weighted by Crippen LogP contribution is 2.17. The summed E-state index contributed by atoms with van der Waals surface area (Å²) in [4.78, 5) is 14.5. The molecule has 0 N–H and O–H groups in total. The fraction of sp³-hybridized carbons (Fsp3) is 0.217. The van der Waals surface area contributed by atoms with Crippen LogP contribution in [0.25, 0.3) is 6.08 Å². The second-order valence-corrected chi connectivity index (χ2v) is 9.69. The number of aromatic nitrogens is 2. The van der Waals surface area contributed by atoms with Gasteiger partial charge in [0.15, 0.2) is 0 Å². The number of carbonyl (C=O) groups excluding carboxylic acids is 1. The van der Waals surface area contributed by atoms with Gasteiger partial charge in [-0.1, -0.05) is 60.1 Å². The lowest BCUT2D eigenvalue weighted by atomic mass is 10.2. The smallest absolute Gasteiger partial charge is 0.257 e. The van der Waals surface area contributed by atoms with E-state index >= 15 is 0 Å². The Balaban J connectivity index is 1.35. The van der Waals surface area contributed by atoms with Crippen LogP contribution in [0.3, 0.4) is 0 Å². The van der Waals surface area contributed by atoms with Gasteiger partial charge < -0.3 is 4.90 Å². The van der Waals surface area contributed by atoms with E-state index in [9.17, 15) is 13.2 Å². The minimum absolute atomic E-state index is 0.160. The van der Waals surface area contributed by atoms with Gasteiger partial charge >= 0.3 is 0 Å². The molecule has 1 aromatic heterocycles. The Morgan fingerprint density at radius 3 is 2.41 bits per heavy atom. The van der Waals surface area contributed by atoms with Crippen molar-refractivity contribution in [2.45, 2.75) is 6.54 Å². The Morgan fingerprint density at radius 2 is 1.69 bits per heavy atom. The summed E-state index contributed by atoms with van der Waals surface area (Å²) in [5.74, 6) is -0.160. The van der Waals surface area contributed by atoms with Crippen molar-refractivity contribution in [3.63, 3.8) is 0 Å². The first-order valence-electron chi connectivity index (χ1n) is 10.2. The van der Waals surface area contributed by atoms with Crippen molar-refractivity contribution >= 4 is 33.6 Å². The molecule has 0 spiro atoms. The molecule has 166 valence electrons. The molecule has 4 rings (SSSR count). The maximum absolute atomic E-state index is 12.9. The Kier molecular flexibility index (Phi) is 6.74. The number of halogens is 1. The molecule has 0 saturated carbocycles. The average Bonchev–Trinajstić information content (AvgIpc) is 3.28. The van der Waals surface area contributed by atoms with Crippen LogP contribution in [0.5, 0.6) is 0 Å². The molecular weight excluding hydrogens is 448 g/mol. The second-order valence-electron chi connectivity index (χ2n) is 7.47. The van der Waals surface area contributed by atoms with Gasteiger partial charge in [0.1, 0.15) is 0 Å². The first kappa shape index (κ1) is 22.3. The fourth-order valence-corrected chi connectivity index (χ4v) is 4.87.